The molecule has 0 saturated carbocycles. The predicted octanol–water partition coefficient (Wildman–Crippen LogP) is 5.10. The van der Waals surface area contributed by atoms with Crippen molar-refractivity contribution in [2.24, 2.45) is 0 Å². The molecule has 29 heavy (non-hydrogen) atoms. The number of nitrogens with one attached hydrogen (secondary N) is 1. The molecular weight excluding hydrogens is 451 g/mol. The number of hydrogen-bond acceptors (Lipinski definition) is 5. The number of thiocarbonyl (C=S) groups is 1. The van der Waals surface area contributed by atoms with Crippen LogP contribution < -0.4 is 10.2 Å². The van der Waals surface area contributed by atoms with Gasteiger partial charge in [0.1, 0.15) is 12.4 Å². The number of thioether (sulfide) groups is 1. The second kappa shape index (κ2) is 9.45. The number of carbonyl (C=O) groups excluding carboxylic acids is 2. The average molecular weight is 465 g/mol. The van der Waals surface area contributed by atoms with Gasteiger partial charge in [-0.2, -0.15) is 5.01 Å². The van der Waals surface area contributed by atoms with Gasteiger partial charge in [0.25, 0.3) is 11.8 Å². The lowest BCUT2D eigenvalue weighted by Crippen LogP contribution is -2.44. The molecule has 1 heterocycles. The Morgan fingerprint density at radius 3 is 2.62 bits per heavy atom. The summed E-state index contributed by atoms with van der Waals surface area (Å²) < 4.78 is 5.65. The minimum atomic E-state index is -0.562. The van der Waals surface area contributed by atoms with E-state index in [4.69, 9.17) is 40.2 Å². The van der Waals surface area contributed by atoms with Gasteiger partial charge in [-0.15, -0.1) is 0 Å². The van der Waals surface area contributed by atoms with Gasteiger partial charge in [0.15, 0.2) is 4.32 Å². The molecule has 0 aliphatic carbocycles. The first-order valence-corrected chi connectivity index (χ1v) is 10.2. The molecular formula is C20H14Cl2N2O3S2. The van der Waals surface area contributed by atoms with E-state index in [2.05, 4.69) is 12.0 Å². The maximum atomic E-state index is 12.7. The highest BCUT2D eigenvalue weighted by Crippen LogP contribution is 2.32. The number of rotatable bonds is 6. The van der Waals surface area contributed by atoms with E-state index in [1.165, 1.54) is 18.2 Å². The Labute approximate surface area is 187 Å². The molecule has 9 heteroatoms. The van der Waals surface area contributed by atoms with Crippen molar-refractivity contribution in [2.45, 2.75) is 0 Å². The summed E-state index contributed by atoms with van der Waals surface area (Å²) in [7, 11) is 0. The fraction of sp³-hybridized carbons (Fsp3) is 0.0500. The van der Waals surface area contributed by atoms with Crippen LogP contribution in [0.1, 0.15) is 15.9 Å². The van der Waals surface area contributed by atoms with Gasteiger partial charge in [-0.25, -0.2) is 0 Å². The van der Waals surface area contributed by atoms with Crippen LogP contribution in [0, 0.1) is 0 Å². The summed E-state index contributed by atoms with van der Waals surface area (Å²) in [5.41, 5.74) is 3.47. The maximum absolute atomic E-state index is 12.7. The predicted molar refractivity (Wildman–Crippen MR) is 121 cm³/mol. The molecule has 0 bridgehead atoms. The van der Waals surface area contributed by atoms with Crippen molar-refractivity contribution in [3.8, 4) is 5.75 Å². The monoisotopic (exact) mass is 464 g/mol. The SMILES string of the molecule is C=CCOc1ccc(C=C2SC(=S)N(NC(=O)c3ccc(Cl)cc3Cl)C2=O)cc1. The summed E-state index contributed by atoms with van der Waals surface area (Å²) in [5, 5.41) is 1.61. The van der Waals surface area contributed by atoms with E-state index >= 15 is 0 Å². The third-order valence-electron chi connectivity index (χ3n) is 3.73. The molecule has 1 N–H and O–H groups in total. The molecule has 1 aliphatic rings. The zero-order chi connectivity index (χ0) is 21.0. The van der Waals surface area contributed by atoms with E-state index < -0.39 is 11.8 Å². The molecule has 0 aromatic heterocycles. The van der Waals surface area contributed by atoms with Crippen LogP contribution in [-0.4, -0.2) is 27.8 Å². The van der Waals surface area contributed by atoms with Crippen LogP contribution in [0.15, 0.2) is 60.0 Å². The summed E-state index contributed by atoms with van der Waals surface area (Å²) in [6.45, 7) is 4.01. The minimum Gasteiger partial charge on any atom is -0.490 e. The lowest BCUT2D eigenvalue weighted by molar-refractivity contribution is -0.123. The Hall–Kier alpha value is -2.32. The van der Waals surface area contributed by atoms with Crippen molar-refractivity contribution in [1.29, 1.82) is 0 Å². The Morgan fingerprint density at radius 2 is 1.97 bits per heavy atom. The van der Waals surface area contributed by atoms with Gasteiger partial charge in [0, 0.05) is 5.02 Å². The largest absolute Gasteiger partial charge is 0.490 e. The third-order valence-corrected chi connectivity index (χ3v) is 5.58. The Kier molecular flexibility index (Phi) is 6.97. The molecule has 5 nitrogen and oxygen atoms in total. The zero-order valence-electron chi connectivity index (χ0n) is 14.9. The normalized spacial score (nSPS) is 15.0. The van der Waals surface area contributed by atoms with E-state index in [1.54, 1.807) is 24.3 Å². The fourth-order valence-electron chi connectivity index (χ4n) is 2.37. The molecule has 0 unspecified atom stereocenters. The van der Waals surface area contributed by atoms with E-state index in [1.807, 2.05) is 12.1 Å². The van der Waals surface area contributed by atoms with Crippen molar-refractivity contribution in [3.05, 3.63) is 81.2 Å². The van der Waals surface area contributed by atoms with E-state index in [-0.39, 0.29) is 14.9 Å². The highest BCUT2D eigenvalue weighted by atomic mass is 35.5. The maximum Gasteiger partial charge on any atom is 0.285 e. The smallest absolute Gasteiger partial charge is 0.285 e. The number of carbonyl (C=O) groups is 2. The Morgan fingerprint density at radius 1 is 1.24 bits per heavy atom. The van der Waals surface area contributed by atoms with Crippen molar-refractivity contribution in [1.82, 2.24) is 10.4 Å². The summed E-state index contributed by atoms with van der Waals surface area (Å²) in [5.74, 6) is -0.292. The molecule has 3 rings (SSSR count). The number of hydrazine groups is 1. The van der Waals surface area contributed by atoms with Gasteiger partial charge >= 0.3 is 0 Å². The van der Waals surface area contributed by atoms with Crippen LogP contribution in [0.2, 0.25) is 10.0 Å². The molecule has 1 fully saturated rings. The highest BCUT2D eigenvalue weighted by molar-refractivity contribution is 8.26. The number of amides is 2. The van der Waals surface area contributed by atoms with Crippen LogP contribution in [0.5, 0.6) is 5.75 Å². The third kappa shape index (κ3) is 5.19. The Bertz CT molecular complexity index is 1020. The summed E-state index contributed by atoms with van der Waals surface area (Å²) in [6, 6.07) is 11.7. The fourth-order valence-corrected chi connectivity index (χ4v) is 4.04. The van der Waals surface area contributed by atoms with Gasteiger partial charge in [-0.1, -0.05) is 59.8 Å². The summed E-state index contributed by atoms with van der Waals surface area (Å²) in [6.07, 6.45) is 3.35. The van der Waals surface area contributed by atoms with Crippen molar-refractivity contribution >= 4 is 69.4 Å². The second-order valence-electron chi connectivity index (χ2n) is 5.75. The zero-order valence-corrected chi connectivity index (χ0v) is 18.0. The van der Waals surface area contributed by atoms with Gasteiger partial charge < -0.3 is 4.74 Å². The molecule has 2 amide bonds. The molecule has 0 atom stereocenters. The molecule has 0 radical (unpaired) electrons. The molecule has 1 saturated heterocycles. The number of nitrogens with zero attached hydrogens (tertiary/aromatic N) is 1. The van der Waals surface area contributed by atoms with Crippen molar-refractivity contribution < 1.29 is 14.3 Å². The van der Waals surface area contributed by atoms with Crippen LogP contribution >= 0.6 is 47.2 Å². The van der Waals surface area contributed by atoms with E-state index in [0.29, 0.717) is 22.3 Å². The van der Waals surface area contributed by atoms with E-state index in [0.717, 1.165) is 22.3 Å². The first-order valence-electron chi connectivity index (χ1n) is 8.27. The number of halogens is 2. The molecule has 2 aromatic rings. The Balaban J connectivity index is 1.72. The highest BCUT2D eigenvalue weighted by Gasteiger charge is 2.34. The van der Waals surface area contributed by atoms with Crippen LogP contribution in [0.4, 0.5) is 0 Å². The van der Waals surface area contributed by atoms with Crippen molar-refractivity contribution in [2.75, 3.05) is 6.61 Å². The lowest BCUT2D eigenvalue weighted by atomic mass is 10.2. The first kappa shape index (κ1) is 21.4. The van der Waals surface area contributed by atoms with E-state index in [9.17, 15) is 9.59 Å². The molecule has 0 spiro atoms. The van der Waals surface area contributed by atoms with Crippen molar-refractivity contribution in [3.63, 3.8) is 0 Å². The van der Waals surface area contributed by atoms with Gasteiger partial charge in [0.05, 0.1) is 15.5 Å². The first-order chi connectivity index (χ1) is 13.9. The number of benzene rings is 2. The minimum absolute atomic E-state index is 0.176. The number of hydrogen-bond donors (Lipinski definition) is 1. The summed E-state index contributed by atoms with van der Waals surface area (Å²) >= 11 is 18.2. The summed E-state index contributed by atoms with van der Waals surface area (Å²) in [4.78, 5) is 25.5. The molecule has 1 aliphatic heterocycles. The average Bonchev–Trinajstić information content (AvgIpc) is 2.94. The quantitative estimate of drug-likeness (QED) is 0.365. The van der Waals surface area contributed by atoms with Crippen LogP contribution in [-0.2, 0) is 4.79 Å². The number of ether oxygens (including phenoxy) is 1. The van der Waals surface area contributed by atoms with Crippen LogP contribution in [0.3, 0.4) is 0 Å². The standard InChI is InChI=1S/C20H14Cl2N2O3S2/c1-2-9-27-14-6-3-12(4-7-14)10-17-19(26)24(20(28)29-17)23-18(25)15-8-5-13(21)11-16(15)22/h2-8,10-11H,1,9H2,(H,23,25). The van der Waals surface area contributed by atoms with Gasteiger partial charge in [-0.3, -0.25) is 15.0 Å². The molecule has 148 valence electrons. The molecule has 2 aromatic carbocycles. The lowest BCUT2D eigenvalue weighted by Gasteiger charge is -2.16. The van der Waals surface area contributed by atoms with Gasteiger partial charge in [-0.05, 0) is 54.2 Å². The van der Waals surface area contributed by atoms with Gasteiger partial charge in [0.2, 0.25) is 0 Å². The topological polar surface area (TPSA) is 58.6 Å². The second-order valence-corrected chi connectivity index (χ2v) is 8.27. The van der Waals surface area contributed by atoms with Crippen LogP contribution in [0.25, 0.3) is 6.08 Å².